The molecule has 3 amide bonds. The summed E-state index contributed by atoms with van der Waals surface area (Å²) in [5.74, 6) is 2.18. The molecule has 3 fully saturated rings. The molecule has 59 heavy (non-hydrogen) atoms. The fraction of sp³-hybridized carbons (Fsp3) is 0.477. The van der Waals surface area contributed by atoms with Crippen LogP contribution < -0.4 is 15.5 Å². The molecular formula is C44H56N10O4S. The van der Waals surface area contributed by atoms with Crippen LogP contribution in [0.3, 0.4) is 0 Å². The van der Waals surface area contributed by atoms with Crippen LogP contribution in [0.4, 0.5) is 10.6 Å². The number of hydrogen-bond acceptors (Lipinski definition) is 9. The van der Waals surface area contributed by atoms with Gasteiger partial charge in [0.05, 0.1) is 28.1 Å². The van der Waals surface area contributed by atoms with Crippen molar-refractivity contribution >= 4 is 59.4 Å². The summed E-state index contributed by atoms with van der Waals surface area (Å²) in [7, 11) is 2.09. The number of rotatable bonds is 18. The molecule has 2 atom stereocenters. The number of aromatic nitrogens is 2. The number of amides is 3. The third kappa shape index (κ3) is 11.1. The second-order valence-electron chi connectivity index (χ2n) is 15.8. The lowest BCUT2D eigenvalue weighted by atomic mass is 9.88. The van der Waals surface area contributed by atoms with Crippen LogP contribution in [-0.2, 0) is 34.0 Å². The molecule has 312 valence electrons. The van der Waals surface area contributed by atoms with Crippen molar-refractivity contribution in [2.45, 2.75) is 75.1 Å². The lowest BCUT2D eigenvalue weighted by Gasteiger charge is -2.34. The molecule has 2 unspecified atom stereocenters. The van der Waals surface area contributed by atoms with Gasteiger partial charge in [-0.2, -0.15) is 10.4 Å². The first-order valence-corrected chi connectivity index (χ1v) is 21.7. The van der Waals surface area contributed by atoms with Gasteiger partial charge in [0, 0.05) is 63.9 Å². The number of anilines is 1. The van der Waals surface area contributed by atoms with Gasteiger partial charge in [-0.1, -0.05) is 25.1 Å². The number of urea groups is 1. The Bertz CT molecular complexity index is 2150. The molecule has 1 aromatic heterocycles. The van der Waals surface area contributed by atoms with Gasteiger partial charge < -0.3 is 20.3 Å². The quantitative estimate of drug-likeness (QED) is 0.0982. The predicted octanol–water partition coefficient (Wildman–Crippen LogP) is 5.42. The van der Waals surface area contributed by atoms with Crippen molar-refractivity contribution in [1.82, 2.24) is 29.6 Å². The maximum Gasteiger partial charge on any atom is 0.322 e. The molecular weight excluding hydrogens is 765 g/mol. The summed E-state index contributed by atoms with van der Waals surface area (Å²) in [5.41, 5.74) is 4.47. The Labute approximate surface area is 349 Å². The molecule has 1 aliphatic carbocycles. The van der Waals surface area contributed by atoms with E-state index in [2.05, 4.69) is 63.5 Å². The Morgan fingerprint density at radius 3 is 2.53 bits per heavy atom. The fourth-order valence-electron chi connectivity index (χ4n) is 8.09. The van der Waals surface area contributed by atoms with Gasteiger partial charge in [0.15, 0.2) is 5.82 Å². The molecule has 2 saturated heterocycles. The van der Waals surface area contributed by atoms with Crippen molar-refractivity contribution in [3.8, 4) is 6.07 Å². The van der Waals surface area contributed by atoms with Gasteiger partial charge in [0.25, 0.3) is 0 Å². The number of nitriles is 1. The van der Waals surface area contributed by atoms with Crippen LogP contribution >= 0.6 is 0 Å². The van der Waals surface area contributed by atoms with Crippen LogP contribution in [0.5, 0.6) is 0 Å². The van der Waals surface area contributed by atoms with Gasteiger partial charge >= 0.3 is 6.03 Å². The standard InChI is InChI=1S/C44H56N10O4S/c1-31(29-52-19-14-33(15-20-52)34-11-13-40-41(26-34)51(4)50-43(40)54(18-5-23-55)44(57)47-3)24-37-25-39(12-10-35(37)27-45)59(58)53-21-16-38(17-22-53)48-28-36(9-8-32-6-7-32)42(46-2)49-30-56/h8-13,23,25-26,28,30-33,38H,2,5-7,14-22,24,29H2,1,3-4H3,(H,47,57)(H,49,56)/b9-8-,42-36+,48-28?. The maximum atomic E-state index is 13.8. The van der Waals surface area contributed by atoms with Gasteiger partial charge in [0.2, 0.25) is 6.41 Å². The van der Waals surface area contributed by atoms with Crippen LogP contribution in [0.1, 0.15) is 74.5 Å². The van der Waals surface area contributed by atoms with E-state index in [0.717, 1.165) is 74.5 Å². The lowest BCUT2D eigenvalue weighted by Crippen LogP contribution is -2.39. The highest BCUT2D eigenvalue weighted by atomic mass is 32.2. The molecule has 0 bridgehead atoms. The number of aryl methyl sites for hydroxylation is 1. The summed E-state index contributed by atoms with van der Waals surface area (Å²) >= 11 is 0. The van der Waals surface area contributed by atoms with Gasteiger partial charge in [0.1, 0.15) is 23.1 Å². The number of nitrogens with one attached hydrogen (secondary N) is 2. The minimum absolute atomic E-state index is 0.0589. The first-order chi connectivity index (χ1) is 28.7. The first kappa shape index (κ1) is 43.3. The Morgan fingerprint density at radius 2 is 1.86 bits per heavy atom. The summed E-state index contributed by atoms with van der Waals surface area (Å²) in [4.78, 5) is 48.3. The van der Waals surface area contributed by atoms with E-state index in [9.17, 15) is 23.9 Å². The number of piperidine rings is 2. The average Bonchev–Trinajstić information content (AvgIpc) is 4.04. The van der Waals surface area contributed by atoms with Crippen LogP contribution in [-0.4, -0.2) is 107 Å². The molecule has 0 spiro atoms. The summed E-state index contributed by atoms with van der Waals surface area (Å²) in [5, 5.41) is 20.8. The number of allylic oxidation sites excluding steroid dienone is 3. The van der Waals surface area contributed by atoms with E-state index >= 15 is 0 Å². The molecule has 2 aromatic carbocycles. The molecule has 3 aromatic rings. The Hall–Kier alpha value is -5.30. The molecule has 15 heteroatoms. The number of aliphatic imine (C=N–C) groups is 2. The van der Waals surface area contributed by atoms with Gasteiger partial charge in [-0.25, -0.2) is 18.3 Å². The number of nitrogens with zero attached hydrogens (tertiary/aromatic N) is 8. The van der Waals surface area contributed by atoms with Crippen molar-refractivity contribution in [1.29, 1.82) is 5.26 Å². The normalized spacial score (nSPS) is 18.7. The zero-order valence-electron chi connectivity index (χ0n) is 34.4. The number of benzene rings is 2. The lowest BCUT2D eigenvalue weighted by molar-refractivity contribution is -0.109. The van der Waals surface area contributed by atoms with Crippen LogP contribution in [0, 0.1) is 23.2 Å². The number of hydrogen-bond donors (Lipinski definition) is 2. The largest absolute Gasteiger partial charge is 0.341 e. The average molecular weight is 821 g/mol. The fourth-order valence-corrected chi connectivity index (χ4v) is 9.36. The maximum absolute atomic E-state index is 13.8. The second kappa shape index (κ2) is 20.6. The Balaban J connectivity index is 1.02. The number of carbonyl (C=O) groups is 3. The smallest absolute Gasteiger partial charge is 0.322 e. The van der Waals surface area contributed by atoms with Crippen LogP contribution in [0.15, 0.2) is 74.8 Å². The molecule has 14 nitrogen and oxygen atoms in total. The number of likely N-dealkylation sites (tertiary alicyclic amines) is 1. The number of aldehydes is 1. The van der Waals surface area contributed by atoms with Gasteiger partial charge in [-0.3, -0.25) is 19.4 Å². The highest BCUT2D eigenvalue weighted by Crippen LogP contribution is 2.34. The van der Waals surface area contributed by atoms with Crippen molar-refractivity contribution in [2.75, 3.05) is 51.2 Å². The van der Waals surface area contributed by atoms with E-state index in [1.165, 1.54) is 23.3 Å². The highest BCUT2D eigenvalue weighted by molar-refractivity contribution is 7.82. The third-order valence-electron chi connectivity index (χ3n) is 11.5. The summed E-state index contributed by atoms with van der Waals surface area (Å²) in [6.07, 6.45) is 14.0. The second-order valence-corrected chi connectivity index (χ2v) is 17.3. The van der Waals surface area contributed by atoms with E-state index in [0.29, 0.717) is 64.9 Å². The molecule has 3 heterocycles. The summed E-state index contributed by atoms with van der Waals surface area (Å²) in [6, 6.07) is 14.1. The van der Waals surface area contributed by atoms with E-state index in [1.807, 2.05) is 41.7 Å². The van der Waals surface area contributed by atoms with Crippen molar-refractivity contribution < 1.29 is 18.6 Å². The molecule has 1 saturated carbocycles. The zero-order valence-corrected chi connectivity index (χ0v) is 35.2. The van der Waals surface area contributed by atoms with Crippen molar-refractivity contribution in [3.05, 3.63) is 76.6 Å². The van der Waals surface area contributed by atoms with Gasteiger partial charge in [-0.05, 0) is 124 Å². The molecule has 6 rings (SSSR count). The van der Waals surface area contributed by atoms with E-state index in [4.69, 9.17) is 4.99 Å². The third-order valence-corrected chi connectivity index (χ3v) is 13.0. The van der Waals surface area contributed by atoms with Crippen LogP contribution in [0.2, 0.25) is 0 Å². The van der Waals surface area contributed by atoms with E-state index in [1.54, 1.807) is 17.9 Å². The Kier molecular flexibility index (Phi) is 15.1. The highest BCUT2D eigenvalue weighted by Gasteiger charge is 2.27. The number of carbonyl (C=O) groups excluding carboxylic acids is 3. The molecule has 0 radical (unpaired) electrons. The summed E-state index contributed by atoms with van der Waals surface area (Å²) < 4.78 is 17.6. The minimum Gasteiger partial charge on any atom is -0.341 e. The SMILES string of the molecule is C=N/C(NC=O)=C(C=NC1CCN(S(=O)c2ccc(C#N)c(CC(C)CN3CCC(c4ccc5c(N(CCC=O)C(=O)NC)nn(C)c5c4)CC3)c2)CC1)/C=C\C1CC1. The minimum atomic E-state index is -1.36. The monoisotopic (exact) mass is 820 g/mol. The molecule has 2 N–H and O–H groups in total. The Morgan fingerprint density at radius 1 is 1.10 bits per heavy atom. The van der Waals surface area contributed by atoms with Crippen molar-refractivity contribution in [2.24, 2.45) is 28.9 Å². The predicted molar refractivity (Wildman–Crippen MR) is 233 cm³/mol. The van der Waals surface area contributed by atoms with Gasteiger partial charge in [-0.15, -0.1) is 0 Å². The van der Waals surface area contributed by atoms with Crippen LogP contribution in [0.25, 0.3) is 10.9 Å². The van der Waals surface area contributed by atoms with E-state index < -0.39 is 11.0 Å². The van der Waals surface area contributed by atoms with Crippen molar-refractivity contribution in [3.63, 3.8) is 0 Å². The first-order valence-electron chi connectivity index (χ1n) is 20.6. The van der Waals surface area contributed by atoms with E-state index in [-0.39, 0.29) is 25.0 Å². The summed E-state index contributed by atoms with van der Waals surface area (Å²) in [6.45, 7) is 10.2. The zero-order chi connectivity index (χ0) is 41.9. The molecule has 2 aliphatic heterocycles. The number of fused-ring (bicyclic) bond motifs is 1. The molecule has 3 aliphatic rings. The topological polar surface area (TPSA) is 168 Å².